The second kappa shape index (κ2) is 9.68. The zero-order valence-corrected chi connectivity index (χ0v) is 19.1. The van der Waals surface area contributed by atoms with E-state index in [4.69, 9.17) is 4.74 Å². The molecule has 8 nitrogen and oxygen atoms in total. The van der Waals surface area contributed by atoms with Crippen molar-refractivity contribution in [3.05, 3.63) is 83.1 Å². The van der Waals surface area contributed by atoms with E-state index in [1.807, 2.05) is 6.92 Å². The SMILES string of the molecule is CCOc1ccc(C(O)=C2C(=O)C(=O)N(c3ccc(C)nn3)C2c2ccc(OC(F)(F)F)cc2)cc1. The lowest BCUT2D eigenvalue weighted by molar-refractivity contribution is -0.274. The van der Waals surface area contributed by atoms with Gasteiger partial charge in [-0.3, -0.25) is 14.5 Å². The maximum atomic E-state index is 13.1. The highest BCUT2D eigenvalue weighted by Crippen LogP contribution is 2.42. The van der Waals surface area contributed by atoms with E-state index in [1.165, 1.54) is 30.3 Å². The van der Waals surface area contributed by atoms with Crippen LogP contribution < -0.4 is 14.4 Å². The molecule has 186 valence electrons. The van der Waals surface area contributed by atoms with E-state index in [-0.39, 0.29) is 22.5 Å². The molecule has 0 spiro atoms. The van der Waals surface area contributed by atoms with Crippen molar-refractivity contribution in [1.29, 1.82) is 0 Å². The Hall–Kier alpha value is -4.41. The van der Waals surface area contributed by atoms with Gasteiger partial charge < -0.3 is 14.6 Å². The number of amides is 1. The zero-order valence-electron chi connectivity index (χ0n) is 19.1. The number of carbonyl (C=O) groups is 2. The number of Topliss-reactive ketones (excluding diaryl/α,β-unsaturated/α-hetero) is 1. The van der Waals surface area contributed by atoms with Crippen LogP contribution in [-0.2, 0) is 9.59 Å². The number of alkyl halides is 3. The number of rotatable bonds is 6. The van der Waals surface area contributed by atoms with Crippen LogP contribution in [0, 0.1) is 6.92 Å². The van der Waals surface area contributed by atoms with Crippen molar-refractivity contribution in [3.63, 3.8) is 0 Å². The molecule has 2 aromatic carbocycles. The largest absolute Gasteiger partial charge is 0.573 e. The van der Waals surface area contributed by atoms with Crippen molar-refractivity contribution >= 4 is 23.3 Å². The van der Waals surface area contributed by atoms with Crippen LogP contribution in [0.5, 0.6) is 11.5 Å². The molecule has 2 heterocycles. The van der Waals surface area contributed by atoms with Crippen LogP contribution >= 0.6 is 0 Å². The third-order valence-electron chi connectivity index (χ3n) is 5.34. The number of benzene rings is 2. The highest BCUT2D eigenvalue weighted by Gasteiger charge is 2.47. The molecule has 0 bridgehead atoms. The van der Waals surface area contributed by atoms with E-state index >= 15 is 0 Å². The summed E-state index contributed by atoms with van der Waals surface area (Å²) >= 11 is 0. The van der Waals surface area contributed by atoms with Crippen molar-refractivity contribution in [2.24, 2.45) is 0 Å². The molecule has 1 atom stereocenters. The average molecular weight is 499 g/mol. The molecular formula is C25H20F3N3O5. The molecule has 1 saturated heterocycles. The van der Waals surface area contributed by atoms with Gasteiger partial charge >= 0.3 is 12.3 Å². The lowest BCUT2D eigenvalue weighted by Gasteiger charge is -2.24. The fourth-order valence-electron chi connectivity index (χ4n) is 3.79. The minimum absolute atomic E-state index is 0.0362. The molecule has 1 aromatic heterocycles. The van der Waals surface area contributed by atoms with Crippen molar-refractivity contribution in [1.82, 2.24) is 10.2 Å². The highest BCUT2D eigenvalue weighted by molar-refractivity contribution is 6.51. The number of nitrogens with zero attached hydrogens (tertiary/aromatic N) is 3. The predicted octanol–water partition coefficient (Wildman–Crippen LogP) is 4.71. The molecule has 0 radical (unpaired) electrons. The fourth-order valence-corrected chi connectivity index (χ4v) is 3.79. The molecule has 1 N–H and O–H groups in total. The summed E-state index contributed by atoms with van der Waals surface area (Å²) in [5, 5.41) is 19.0. The van der Waals surface area contributed by atoms with E-state index < -0.39 is 35.6 Å². The van der Waals surface area contributed by atoms with Crippen LogP contribution in [0.1, 0.15) is 29.8 Å². The molecule has 0 aliphatic carbocycles. The third kappa shape index (κ3) is 4.99. The van der Waals surface area contributed by atoms with Crippen molar-refractivity contribution in [2.45, 2.75) is 26.3 Å². The molecular weight excluding hydrogens is 479 g/mol. The fraction of sp³-hybridized carbons (Fsp3) is 0.200. The molecule has 1 unspecified atom stereocenters. The number of aryl methyl sites for hydroxylation is 1. The lowest BCUT2D eigenvalue weighted by atomic mass is 9.95. The normalized spacial score (nSPS) is 17.4. The number of aliphatic hydroxyl groups is 1. The second-order valence-corrected chi connectivity index (χ2v) is 7.78. The Morgan fingerprint density at radius 1 is 0.972 bits per heavy atom. The number of aromatic nitrogens is 2. The topological polar surface area (TPSA) is 102 Å². The van der Waals surface area contributed by atoms with Crippen LogP contribution in [0.15, 0.2) is 66.2 Å². The third-order valence-corrected chi connectivity index (χ3v) is 5.34. The Balaban J connectivity index is 1.84. The van der Waals surface area contributed by atoms with Crippen LogP contribution in [0.3, 0.4) is 0 Å². The van der Waals surface area contributed by atoms with Crippen LogP contribution in [-0.4, -0.2) is 40.0 Å². The van der Waals surface area contributed by atoms with Gasteiger partial charge in [-0.25, -0.2) is 0 Å². The van der Waals surface area contributed by atoms with Crippen LogP contribution in [0.4, 0.5) is 19.0 Å². The molecule has 4 rings (SSSR count). The van der Waals surface area contributed by atoms with Gasteiger partial charge in [-0.2, -0.15) is 5.10 Å². The molecule has 1 fully saturated rings. The van der Waals surface area contributed by atoms with Crippen LogP contribution in [0.25, 0.3) is 5.76 Å². The van der Waals surface area contributed by atoms with E-state index in [2.05, 4.69) is 14.9 Å². The number of carbonyl (C=O) groups excluding carboxylic acids is 2. The zero-order chi connectivity index (χ0) is 26.0. The highest BCUT2D eigenvalue weighted by atomic mass is 19.4. The maximum Gasteiger partial charge on any atom is 0.573 e. The van der Waals surface area contributed by atoms with Crippen molar-refractivity contribution < 1.29 is 37.3 Å². The Kier molecular flexibility index (Phi) is 6.65. The minimum atomic E-state index is -4.89. The van der Waals surface area contributed by atoms with Gasteiger partial charge in [-0.1, -0.05) is 12.1 Å². The average Bonchev–Trinajstić information content (AvgIpc) is 3.10. The first-order valence-corrected chi connectivity index (χ1v) is 10.8. The van der Waals surface area contributed by atoms with Gasteiger partial charge in [0.05, 0.1) is 23.9 Å². The molecule has 1 aliphatic rings. The van der Waals surface area contributed by atoms with E-state index in [0.29, 0.717) is 18.1 Å². The second-order valence-electron chi connectivity index (χ2n) is 7.78. The number of hydrogen-bond acceptors (Lipinski definition) is 7. The first kappa shape index (κ1) is 24.7. The van der Waals surface area contributed by atoms with Gasteiger partial charge in [0.15, 0.2) is 5.82 Å². The van der Waals surface area contributed by atoms with Gasteiger partial charge in [0.2, 0.25) is 0 Å². The summed E-state index contributed by atoms with van der Waals surface area (Å²) in [6.07, 6.45) is -4.89. The maximum absolute atomic E-state index is 13.1. The Bertz CT molecular complexity index is 1300. The molecule has 11 heteroatoms. The van der Waals surface area contributed by atoms with Gasteiger partial charge in [0.1, 0.15) is 17.3 Å². The summed E-state index contributed by atoms with van der Waals surface area (Å²) < 4.78 is 47.1. The smallest absolute Gasteiger partial charge is 0.507 e. The standard InChI is InChI=1S/C25H20F3N3O5/c1-3-35-17-9-7-16(8-10-17)22(32)20-21(15-5-11-18(12-6-15)36-25(26,27)28)31(24(34)23(20)33)19-13-4-14(2)29-30-19/h4-13,21,32H,3H2,1-2H3. The number of anilines is 1. The number of halogens is 3. The number of hydrogen-bond donors (Lipinski definition) is 1. The van der Waals surface area contributed by atoms with Gasteiger partial charge in [-0.15, -0.1) is 18.3 Å². The number of aliphatic hydroxyl groups excluding tert-OH is 1. The summed E-state index contributed by atoms with van der Waals surface area (Å²) in [5.41, 5.74) is 0.804. The monoisotopic (exact) mass is 499 g/mol. The quantitative estimate of drug-likeness (QED) is 0.298. The van der Waals surface area contributed by atoms with E-state index in [1.54, 1.807) is 25.1 Å². The summed E-state index contributed by atoms with van der Waals surface area (Å²) in [4.78, 5) is 27.3. The van der Waals surface area contributed by atoms with Crippen molar-refractivity contribution in [2.75, 3.05) is 11.5 Å². The summed E-state index contributed by atoms with van der Waals surface area (Å²) in [7, 11) is 0. The Morgan fingerprint density at radius 2 is 1.61 bits per heavy atom. The number of ketones is 1. The molecule has 1 amide bonds. The van der Waals surface area contributed by atoms with E-state index in [0.717, 1.165) is 17.0 Å². The molecule has 36 heavy (non-hydrogen) atoms. The summed E-state index contributed by atoms with van der Waals surface area (Å²) in [6.45, 7) is 3.93. The molecule has 1 aliphatic heterocycles. The molecule has 0 saturated carbocycles. The minimum Gasteiger partial charge on any atom is -0.507 e. The Morgan fingerprint density at radius 3 is 2.17 bits per heavy atom. The van der Waals surface area contributed by atoms with E-state index in [9.17, 15) is 27.9 Å². The lowest BCUT2D eigenvalue weighted by Crippen LogP contribution is -2.30. The van der Waals surface area contributed by atoms with Crippen molar-refractivity contribution in [3.8, 4) is 11.5 Å². The number of ether oxygens (including phenoxy) is 2. The van der Waals surface area contributed by atoms with Crippen LogP contribution in [0.2, 0.25) is 0 Å². The Labute approximate surface area is 203 Å². The first-order chi connectivity index (χ1) is 17.1. The van der Waals surface area contributed by atoms with Gasteiger partial charge in [0, 0.05) is 5.56 Å². The molecule has 3 aromatic rings. The summed E-state index contributed by atoms with van der Waals surface area (Å²) in [6, 6.07) is 12.8. The van der Waals surface area contributed by atoms with Gasteiger partial charge in [0.25, 0.3) is 5.78 Å². The summed E-state index contributed by atoms with van der Waals surface area (Å²) in [5.74, 6) is -2.31. The van der Waals surface area contributed by atoms with Gasteiger partial charge in [-0.05, 0) is 67.9 Å². The predicted molar refractivity (Wildman–Crippen MR) is 122 cm³/mol. The first-order valence-electron chi connectivity index (χ1n) is 10.8.